The summed E-state index contributed by atoms with van der Waals surface area (Å²) in [7, 11) is 0. The zero-order valence-electron chi connectivity index (χ0n) is 10.9. The first-order valence-corrected chi connectivity index (χ1v) is 6.04. The maximum absolute atomic E-state index is 13.5. The molecule has 0 fully saturated rings. The van der Waals surface area contributed by atoms with Crippen LogP contribution in [0.4, 0.5) is 8.78 Å². The average molecular weight is 286 g/mol. The van der Waals surface area contributed by atoms with Crippen LogP contribution in [0.1, 0.15) is 31.4 Å². The summed E-state index contributed by atoms with van der Waals surface area (Å²) in [6.45, 7) is 1.49. The molecule has 110 valence electrons. The lowest BCUT2D eigenvalue weighted by Gasteiger charge is -2.18. The second kappa shape index (κ2) is 6.95. The van der Waals surface area contributed by atoms with Gasteiger partial charge in [0, 0.05) is 12.0 Å². The van der Waals surface area contributed by atoms with Crippen LogP contribution in [-0.2, 0) is 9.59 Å². The van der Waals surface area contributed by atoms with E-state index in [1.165, 1.54) is 6.92 Å². The Balaban J connectivity index is 2.65. The smallest absolute Gasteiger partial charge is 0.303 e. The van der Waals surface area contributed by atoms with E-state index < -0.39 is 35.6 Å². The zero-order valence-corrected chi connectivity index (χ0v) is 10.9. The third kappa shape index (κ3) is 4.58. The van der Waals surface area contributed by atoms with E-state index >= 15 is 0 Å². The van der Waals surface area contributed by atoms with E-state index in [2.05, 4.69) is 5.32 Å². The van der Waals surface area contributed by atoms with E-state index in [-0.39, 0.29) is 18.4 Å². The highest BCUT2D eigenvalue weighted by Gasteiger charge is 2.19. The number of aliphatic carboxylic acids is 1. The molecule has 1 aromatic rings. The number of benzene rings is 1. The Morgan fingerprint density at radius 3 is 2.65 bits per heavy atom. The molecule has 0 aliphatic heterocycles. The number of rotatable bonds is 6. The predicted molar refractivity (Wildman–Crippen MR) is 67.8 cm³/mol. The number of amides is 1. The number of nitrogens with one attached hydrogen (secondary N) is 1. The first-order chi connectivity index (χ1) is 9.31. The molecule has 7 heteroatoms. The standard InChI is InChI=1S/C13H16F2N2O3/c1-7(9-6-8(14)2-3-10(9)15)17-13(20)11(16)4-5-12(18)19/h2-3,6-7,11H,4-5,16H2,1H3,(H,17,20)(H,18,19). The van der Waals surface area contributed by atoms with Crippen LogP contribution >= 0.6 is 0 Å². The highest BCUT2D eigenvalue weighted by molar-refractivity contribution is 5.82. The fourth-order valence-electron chi connectivity index (χ4n) is 1.65. The quantitative estimate of drug-likeness (QED) is 0.735. The van der Waals surface area contributed by atoms with Crippen LogP contribution in [0.3, 0.4) is 0 Å². The summed E-state index contributed by atoms with van der Waals surface area (Å²) in [6, 6.07) is 1.16. The number of hydrogen-bond acceptors (Lipinski definition) is 3. The van der Waals surface area contributed by atoms with Crippen LogP contribution in [0.2, 0.25) is 0 Å². The van der Waals surface area contributed by atoms with Gasteiger partial charge in [0.25, 0.3) is 0 Å². The largest absolute Gasteiger partial charge is 0.481 e. The maximum Gasteiger partial charge on any atom is 0.303 e. The van der Waals surface area contributed by atoms with Crippen molar-refractivity contribution in [3.8, 4) is 0 Å². The Morgan fingerprint density at radius 2 is 2.05 bits per heavy atom. The molecule has 0 saturated heterocycles. The van der Waals surface area contributed by atoms with Crippen molar-refractivity contribution in [2.24, 2.45) is 5.73 Å². The van der Waals surface area contributed by atoms with E-state index in [9.17, 15) is 18.4 Å². The van der Waals surface area contributed by atoms with Crippen molar-refractivity contribution < 1.29 is 23.5 Å². The van der Waals surface area contributed by atoms with Gasteiger partial charge in [-0.25, -0.2) is 8.78 Å². The third-order valence-electron chi connectivity index (χ3n) is 2.79. The minimum Gasteiger partial charge on any atom is -0.481 e. The van der Waals surface area contributed by atoms with Gasteiger partial charge in [0.15, 0.2) is 0 Å². The minimum atomic E-state index is -1.06. The summed E-state index contributed by atoms with van der Waals surface area (Å²) in [5.41, 5.74) is 5.52. The van der Waals surface area contributed by atoms with Gasteiger partial charge >= 0.3 is 5.97 Å². The third-order valence-corrected chi connectivity index (χ3v) is 2.79. The van der Waals surface area contributed by atoms with Crippen LogP contribution in [0, 0.1) is 11.6 Å². The summed E-state index contributed by atoms with van der Waals surface area (Å²) in [5, 5.41) is 10.9. The molecule has 2 unspecified atom stereocenters. The molecule has 0 aromatic heterocycles. The molecule has 5 nitrogen and oxygen atoms in total. The van der Waals surface area contributed by atoms with Crippen LogP contribution in [0.5, 0.6) is 0 Å². The van der Waals surface area contributed by atoms with Gasteiger partial charge in [0.2, 0.25) is 5.91 Å². The van der Waals surface area contributed by atoms with Gasteiger partial charge in [0.05, 0.1) is 12.1 Å². The van der Waals surface area contributed by atoms with Crippen molar-refractivity contribution in [3.05, 3.63) is 35.4 Å². The predicted octanol–water partition coefficient (Wildman–Crippen LogP) is 1.33. The SMILES string of the molecule is CC(NC(=O)C(N)CCC(=O)O)c1cc(F)ccc1F. The minimum absolute atomic E-state index is 0.00350. The lowest BCUT2D eigenvalue weighted by molar-refractivity contribution is -0.137. The lowest BCUT2D eigenvalue weighted by Crippen LogP contribution is -2.42. The molecule has 0 aliphatic carbocycles. The molecule has 0 bridgehead atoms. The summed E-state index contributed by atoms with van der Waals surface area (Å²) in [6.07, 6.45) is -0.267. The van der Waals surface area contributed by atoms with E-state index in [1.807, 2.05) is 0 Å². The van der Waals surface area contributed by atoms with Crippen molar-refractivity contribution in [1.82, 2.24) is 5.32 Å². The number of carbonyl (C=O) groups is 2. The Morgan fingerprint density at radius 1 is 1.40 bits per heavy atom. The molecule has 0 radical (unpaired) electrons. The Kier molecular flexibility index (Phi) is 5.57. The molecule has 0 heterocycles. The molecule has 1 amide bonds. The Hall–Kier alpha value is -2.02. The summed E-state index contributed by atoms with van der Waals surface area (Å²) in [5.74, 6) is -2.92. The van der Waals surface area contributed by atoms with Gasteiger partial charge in [-0.3, -0.25) is 9.59 Å². The summed E-state index contributed by atoms with van der Waals surface area (Å²) >= 11 is 0. The molecule has 0 saturated carbocycles. The van der Waals surface area contributed by atoms with Gasteiger partial charge in [0.1, 0.15) is 11.6 Å². The van der Waals surface area contributed by atoms with Gasteiger partial charge in [-0.05, 0) is 31.5 Å². The number of carboxylic acid groups (broad SMARTS) is 1. The fourth-order valence-corrected chi connectivity index (χ4v) is 1.65. The molecule has 1 aromatic carbocycles. The van der Waals surface area contributed by atoms with E-state index in [0.29, 0.717) is 0 Å². The van der Waals surface area contributed by atoms with Crippen LogP contribution in [0.25, 0.3) is 0 Å². The van der Waals surface area contributed by atoms with Crippen molar-refractivity contribution in [2.75, 3.05) is 0 Å². The van der Waals surface area contributed by atoms with Gasteiger partial charge in [-0.1, -0.05) is 0 Å². The van der Waals surface area contributed by atoms with Crippen molar-refractivity contribution >= 4 is 11.9 Å². The molecule has 1 rings (SSSR count). The monoisotopic (exact) mass is 286 g/mol. The molecule has 0 spiro atoms. The van der Waals surface area contributed by atoms with Crippen LogP contribution in [-0.4, -0.2) is 23.0 Å². The number of carboxylic acids is 1. The van der Waals surface area contributed by atoms with Gasteiger partial charge in [-0.2, -0.15) is 0 Å². The molecular formula is C13H16F2N2O3. The first-order valence-electron chi connectivity index (χ1n) is 6.04. The maximum atomic E-state index is 13.5. The number of hydrogen-bond donors (Lipinski definition) is 3. The average Bonchev–Trinajstić information content (AvgIpc) is 2.38. The molecule has 0 aliphatic rings. The lowest BCUT2D eigenvalue weighted by atomic mass is 10.1. The normalized spacial score (nSPS) is 13.6. The zero-order chi connectivity index (χ0) is 15.3. The fraction of sp³-hybridized carbons (Fsp3) is 0.385. The van der Waals surface area contributed by atoms with Crippen molar-refractivity contribution in [1.29, 1.82) is 0 Å². The topological polar surface area (TPSA) is 92.4 Å². The highest BCUT2D eigenvalue weighted by atomic mass is 19.1. The van der Waals surface area contributed by atoms with Gasteiger partial charge in [-0.15, -0.1) is 0 Å². The Bertz CT molecular complexity index is 508. The highest BCUT2D eigenvalue weighted by Crippen LogP contribution is 2.18. The molecule has 2 atom stereocenters. The Labute approximate surface area is 114 Å². The molecule has 4 N–H and O–H groups in total. The van der Waals surface area contributed by atoms with Gasteiger partial charge < -0.3 is 16.2 Å². The van der Waals surface area contributed by atoms with E-state index in [0.717, 1.165) is 18.2 Å². The summed E-state index contributed by atoms with van der Waals surface area (Å²) in [4.78, 5) is 22.1. The van der Waals surface area contributed by atoms with Crippen LogP contribution < -0.4 is 11.1 Å². The van der Waals surface area contributed by atoms with Crippen molar-refractivity contribution in [3.63, 3.8) is 0 Å². The first kappa shape index (κ1) is 16.0. The summed E-state index contributed by atoms with van der Waals surface area (Å²) < 4.78 is 26.5. The van der Waals surface area contributed by atoms with E-state index in [4.69, 9.17) is 10.8 Å². The van der Waals surface area contributed by atoms with Crippen molar-refractivity contribution in [2.45, 2.75) is 31.8 Å². The number of nitrogens with two attached hydrogens (primary N) is 1. The molecule has 20 heavy (non-hydrogen) atoms. The van der Waals surface area contributed by atoms with E-state index in [1.54, 1.807) is 0 Å². The number of carbonyl (C=O) groups excluding carboxylic acids is 1. The second-order valence-electron chi connectivity index (χ2n) is 4.44. The number of halogens is 2. The molecular weight excluding hydrogens is 270 g/mol. The van der Waals surface area contributed by atoms with Crippen LogP contribution in [0.15, 0.2) is 18.2 Å². The second-order valence-corrected chi connectivity index (χ2v) is 4.44.